The number of halogens is 2. The van der Waals surface area contributed by atoms with Gasteiger partial charge in [-0.1, -0.05) is 0 Å². The van der Waals surface area contributed by atoms with E-state index < -0.39 is 24.3 Å². The predicted molar refractivity (Wildman–Crippen MR) is 60.2 cm³/mol. The summed E-state index contributed by atoms with van der Waals surface area (Å²) in [6, 6.07) is 0.580. The number of aliphatic hydroxyl groups is 1. The quantitative estimate of drug-likeness (QED) is 0.739. The van der Waals surface area contributed by atoms with Crippen molar-refractivity contribution in [3.05, 3.63) is 17.7 Å². The fraction of sp³-hybridized carbons (Fsp3) is 0.455. The van der Waals surface area contributed by atoms with Crippen molar-refractivity contribution in [3.8, 4) is 17.2 Å². The zero-order valence-electron chi connectivity index (χ0n) is 9.98. The Morgan fingerprint density at radius 2 is 1.94 bits per heavy atom. The van der Waals surface area contributed by atoms with Gasteiger partial charge >= 0.3 is 0 Å². The highest BCUT2D eigenvalue weighted by Crippen LogP contribution is 2.41. The highest BCUT2D eigenvalue weighted by Gasteiger charge is 2.40. The second-order valence-electron chi connectivity index (χ2n) is 3.66. The molecule has 1 aromatic rings. The minimum absolute atomic E-state index is 0.0347. The second kappa shape index (κ2) is 5.36. The molecule has 1 aromatic carbocycles. The number of methoxy groups -OCH3 is 2. The van der Waals surface area contributed by atoms with Crippen LogP contribution in [0.2, 0.25) is 0 Å². The first-order valence-electron chi connectivity index (χ1n) is 5.06. The molecule has 0 bridgehead atoms. The summed E-state index contributed by atoms with van der Waals surface area (Å²) in [5.41, 5.74) is 5.08. The number of aliphatic hydroxyl groups excluding tert-OH is 1. The molecule has 1 rings (SSSR count). The van der Waals surface area contributed by atoms with Crippen molar-refractivity contribution in [2.24, 2.45) is 5.73 Å². The Kier molecular flexibility index (Phi) is 4.31. The molecule has 0 radical (unpaired) electrons. The van der Waals surface area contributed by atoms with E-state index in [1.165, 1.54) is 20.3 Å². The van der Waals surface area contributed by atoms with Crippen molar-refractivity contribution in [3.63, 3.8) is 0 Å². The summed E-state index contributed by atoms with van der Waals surface area (Å²) in [5, 5.41) is 18.3. The SMILES string of the molecule is COc1cc(O)c([C@@H](N)C(F)(F)CO)c(OC)c1. The lowest BCUT2D eigenvalue weighted by Crippen LogP contribution is -2.36. The van der Waals surface area contributed by atoms with E-state index in [2.05, 4.69) is 0 Å². The number of aromatic hydroxyl groups is 1. The zero-order chi connectivity index (χ0) is 13.9. The van der Waals surface area contributed by atoms with Crippen molar-refractivity contribution >= 4 is 0 Å². The fourth-order valence-electron chi connectivity index (χ4n) is 1.50. The predicted octanol–water partition coefficient (Wildman–Crippen LogP) is 1.04. The topological polar surface area (TPSA) is 84.9 Å². The first-order valence-corrected chi connectivity index (χ1v) is 5.06. The van der Waals surface area contributed by atoms with Crippen LogP contribution in [0.3, 0.4) is 0 Å². The van der Waals surface area contributed by atoms with Crippen molar-refractivity contribution in [1.82, 2.24) is 0 Å². The number of phenolic OH excluding ortho intramolecular Hbond substituents is 1. The van der Waals surface area contributed by atoms with Gasteiger partial charge in [-0.3, -0.25) is 0 Å². The Balaban J connectivity index is 3.31. The lowest BCUT2D eigenvalue weighted by atomic mass is 9.99. The zero-order valence-corrected chi connectivity index (χ0v) is 9.98. The van der Waals surface area contributed by atoms with E-state index in [0.717, 1.165) is 6.07 Å². The van der Waals surface area contributed by atoms with Gasteiger partial charge in [0.15, 0.2) is 0 Å². The number of ether oxygens (including phenoxy) is 2. The van der Waals surface area contributed by atoms with Crippen LogP contribution in [0.25, 0.3) is 0 Å². The summed E-state index contributed by atoms with van der Waals surface area (Å²) >= 11 is 0. The standard InChI is InChI=1S/C11H15F2NO4/c1-17-6-3-7(16)9(8(4-6)18-2)10(14)11(12,13)5-15/h3-4,10,15-16H,5,14H2,1-2H3/t10-/m1/s1. The number of nitrogens with two attached hydrogens (primary N) is 1. The first-order chi connectivity index (χ1) is 8.37. The van der Waals surface area contributed by atoms with Gasteiger partial charge in [-0.25, -0.2) is 8.78 Å². The molecule has 0 aromatic heterocycles. The Morgan fingerprint density at radius 1 is 1.33 bits per heavy atom. The Labute approximate surface area is 103 Å². The largest absolute Gasteiger partial charge is 0.507 e. The fourth-order valence-corrected chi connectivity index (χ4v) is 1.50. The van der Waals surface area contributed by atoms with E-state index in [4.69, 9.17) is 20.3 Å². The monoisotopic (exact) mass is 263 g/mol. The molecule has 0 saturated heterocycles. The van der Waals surface area contributed by atoms with Gasteiger partial charge in [-0.2, -0.15) is 0 Å². The lowest BCUT2D eigenvalue weighted by Gasteiger charge is -2.24. The third-order valence-corrected chi connectivity index (χ3v) is 2.53. The van der Waals surface area contributed by atoms with E-state index in [-0.39, 0.29) is 17.1 Å². The van der Waals surface area contributed by atoms with Gasteiger partial charge in [0.2, 0.25) is 0 Å². The maximum atomic E-state index is 13.3. The maximum Gasteiger partial charge on any atom is 0.289 e. The van der Waals surface area contributed by atoms with Crippen molar-refractivity contribution in [2.75, 3.05) is 20.8 Å². The summed E-state index contributed by atoms with van der Waals surface area (Å²) in [6.07, 6.45) is 0. The van der Waals surface area contributed by atoms with Gasteiger partial charge in [0.05, 0.1) is 19.8 Å². The van der Waals surface area contributed by atoms with Crippen LogP contribution in [0.4, 0.5) is 8.78 Å². The van der Waals surface area contributed by atoms with E-state index >= 15 is 0 Å². The van der Waals surface area contributed by atoms with Crippen molar-refractivity contribution < 1.29 is 28.5 Å². The molecule has 102 valence electrons. The van der Waals surface area contributed by atoms with E-state index in [9.17, 15) is 13.9 Å². The van der Waals surface area contributed by atoms with Gasteiger partial charge in [0.25, 0.3) is 5.92 Å². The van der Waals surface area contributed by atoms with Crippen LogP contribution < -0.4 is 15.2 Å². The number of benzene rings is 1. The highest BCUT2D eigenvalue weighted by atomic mass is 19.3. The Morgan fingerprint density at radius 3 is 2.39 bits per heavy atom. The molecule has 0 spiro atoms. The second-order valence-corrected chi connectivity index (χ2v) is 3.66. The third-order valence-electron chi connectivity index (χ3n) is 2.53. The molecule has 0 aliphatic rings. The molecule has 0 amide bonds. The van der Waals surface area contributed by atoms with Crippen LogP contribution in [0.1, 0.15) is 11.6 Å². The minimum Gasteiger partial charge on any atom is -0.507 e. The van der Waals surface area contributed by atoms with Gasteiger partial charge in [-0.15, -0.1) is 0 Å². The Hall–Kier alpha value is -1.60. The summed E-state index contributed by atoms with van der Waals surface area (Å²) in [4.78, 5) is 0. The molecule has 0 unspecified atom stereocenters. The van der Waals surface area contributed by atoms with Gasteiger partial charge in [0.1, 0.15) is 29.9 Å². The summed E-state index contributed by atoms with van der Waals surface area (Å²) in [5.74, 6) is -3.84. The molecule has 0 heterocycles. The lowest BCUT2D eigenvalue weighted by molar-refractivity contribution is -0.0720. The minimum atomic E-state index is -3.57. The molecule has 0 aliphatic heterocycles. The maximum absolute atomic E-state index is 13.3. The number of alkyl halides is 2. The average molecular weight is 263 g/mol. The van der Waals surface area contributed by atoms with Gasteiger partial charge in [-0.05, 0) is 0 Å². The van der Waals surface area contributed by atoms with Crippen LogP contribution in [-0.2, 0) is 0 Å². The molecular weight excluding hydrogens is 248 g/mol. The Bertz CT molecular complexity index is 426. The van der Waals surface area contributed by atoms with E-state index in [1.807, 2.05) is 0 Å². The van der Waals surface area contributed by atoms with Crippen molar-refractivity contribution in [1.29, 1.82) is 0 Å². The molecule has 4 N–H and O–H groups in total. The summed E-state index contributed by atoms with van der Waals surface area (Å²) < 4.78 is 36.4. The summed E-state index contributed by atoms with van der Waals surface area (Å²) in [6.45, 7) is -1.43. The smallest absolute Gasteiger partial charge is 0.289 e. The molecular formula is C11H15F2NO4. The number of rotatable bonds is 5. The molecule has 7 heteroatoms. The normalized spacial score (nSPS) is 13.2. The van der Waals surface area contributed by atoms with E-state index in [0.29, 0.717) is 0 Å². The molecule has 0 saturated carbocycles. The highest BCUT2D eigenvalue weighted by molar-refractivity contribution is 5.52. The average Bonchev–Trinajstić information content (AvgIpc) is 2.36. The molecule has 0 fully saturated rings. The molecule has 18 heavy (non-hydrogen) atoms. The first kappa shape index (κ1) is 14.5. The molecule has 1 atom stereocenters. The number of hydrogen-bond donors (Lipinski definition) is 3. The van der Waals surface area contributed by atoms with Crippen LogP contribution in [-0.4, -0.2) is 37.0 Å². The van der Waals surface area contributed by atoms with Crippen LogP contribution in [0.5, 0.6) is 17.2 Å². The molecule has 0 aliphatic carbocycles. The van der Waals surface area contributed by atoms with Crippen LogP contribution in [0.15, 0.2) is 12.1 Å². The number of phenols is 1. The van der Waals surface area contributed by atoms with Gasteiger partial charge < -0.3 is 25.4 Å². The van der Waals surface area contributed by atoms with E-state index in [1.54, 1.807) is 0 Å². The van der Waals surface area contributed by atoms with Crippen LogP contribution in [0, 0.1) is 0 Å². The van der Waals surface area contributed by atoms with Gasteiger partial charge in [0, 0.05) is 12.1 Å². The number of hydrogen-bond acceptors (Lipinski definition) is 5. The molecule has 5 nitrogen and oxygen atoms in total. The third kappa shape index (κ3) is 2.62. The van der Waals surface area contributed by atoms with Crippen LogP contribution >= 0.6 is 0 Å². The summed E-state index contributed by atoms with van der Waals surface area (Å²) in [7, 11) is 2.61. The van der Waals surface area contributed by atoms with Crippen molar-refractivity contribution in [2.45, 2.75) is 12.0 Å².